The summed E-state index contributed by atoms with van der Waals surface area (Å²) in [6, 6.07) is 1.74. The fraction of sp³-hybridized carbons (Fsp3) is 0.529. The van der Waals surface area contributed by atoms with Gasteiger partial charge >= 0.3 is 5.97 Å². The lowest BCUT2D eigenvalue weighted by molar-refractivity contribution is -0.146. The number of fused-ring (bicyclic) bond motifs is 1. The molecule has 2 aromatic rings. The minimum absolute atomic E-state index is 0.0328. The molecule has 132 valence electrons. The average molecular weight is 360 g/mol. The minimum Gasteiger partial charge on any atom is -0.481 e. The second-order valence-corrected chi connectivity index (χ2v) is 7.54. The fourth-order valence-corrected chi connectivity index (χ4v) is 4.60. The van der Waals surface area contributed by atoms with E-state index in [0.717, 1.165) is 41.8 Å². The maximum atomic E-state index is 13.1. The molecule has 7 nitrogen and oxygen atoms in total. The SMILES string of the molecule is O=C(O)[C@H]1CCCN(C(=O)C2CCCN2c2ncnc3sccc23)C1. The van der Waals surface area contributed by atoms with Crippen molar-refractivity contribution in [1.82, 2.24) is 14.9 Å². The number of piperidine rings is 1. The first-order chi connectivity index (χ1) is 12.1. The normalized spacial score (nSPS) is 24.0. The van der Waals surface area contributed by atoms with Crippen LogP contribution in [-0.2, 0) is 9.59 Å². The van der Waals surface area contributed by atoms with Gasteiger partial charge in [0.1, 0.15) is 23.0 Å². The molecule has 0 aliphatic carbocycles. The predicted octanol–water partition coefficient (Wildman–Crippen LogP) is 1.98. The molecule has 2 aliphatic heterocycles. The second-order valence-electron chi connectivity index (χ2n) is 6.65. The Hall–Kier alpha value is -2.22. The molecule has 0 aromatic carbocycles. The Bertz CT molecular complexity index is 808. The van der Waals surface area contributed by atoms with Crippen LogP contribution in [0.4, 0.5) is 5.82 Å². The molecule has 2 saturated heterocycles. The highest BCUT2D eigenvalue weighted by atomic mass is 32.1. The van der Waals surface area contributed by atoms with E-state index in [1.54, 1.807) is 22.6 Å². The molecule has 4 rings (SSSR count). The molecule has 2 atom stereocenters. The molecule has 0 radical (unpaired) electrons. The molecule has 8 heteroatoms. The molecule has 1 N–H and O–H groups in total. The summed E-state index contributed by atoms with van der Waals surface area (Å²) in [5, 5.41) is 12.2. The van der Waals surface area contributed by atoms with Crippen LogP contribution in [0.15, 0.2) is 17.8 Å². The van der Waals surface area contributed by atoms with Crippen LogP contribution < -0.4 is 4.90 Å². The fourth-order valence-electron chi connectivity index (χ4n) is 3.87. The summed E-state index contributed by atoms with van der Waals surface area (Å²) < 4.78 is 0. The molecule has 2 aliphatic rings. The number of amides is 1. The molecule has 2 aromatic heterocycles. The molecular weight excluding hydrogens is 340 g/mol. The molecule has 2 fully saturated rings. The lowest BCUT2D eigenvalue weighted by atomic mass is 9.97. The van der Waals surface area contributed by atoms with Gasteiger partial charge in [-0.15, -0.1) is 11.3 Å². The van der Waals surface area contributed by atoms with Crippen LogP contribution in [0.3, 0.4) is 0 Å². The van der Waals surface area contributed by atoms with Crippen molar-refractivity contribution in [2.75, 3.05) is 24.5 Å². The van der Waals surface area contributed by atoms with Gasteiger partial charge in [-0.2, -0.15) is 0 Å². The molecule has 4 heterocycles. The van der Waals surface area contributed by atoms with Crippen molar-refractivity contribution < 1.29 is 14.7 Å². The maximum Gasteiger partial charge on any atom is 0.308 e. The Morgan fingerprint density at radius 2 is 2.04 bits per heavy atom. The van der Waals surface area contributed by atoms with Crippen LogP contribution in [0.5, 0.6) is 0 Å². The number of hydrogen-bond donors (Lipinski definition) is 1. The quantitative estimate of drug-likeness (QED) is 0.901. The van der Waals surface area contributed by atoms with E-state index in [2.05, 4.69) is 14.9 Å². The molecule has 1 amide bonds. The first-order valence-electron chi connectivity index (χ1n) is 8.61. The summed E-state index contributed by atoms with van der Waals surface area (Å²) in [6.45, 7) is 1.75. The summed E-state index contributed by atoms with van der Waals surface area (Å²) in [4.78, 5) is 37.8. The highest BCUT2D eigenvalue weighted by molar-refractivity contribution is 7.16. The van der Waals surface area contributed by atoms with Crippen molar-refractivity contribution in [3.05, 3.63) is 17.8 Å². The number of aliphatic carboxylic acids is 1. The zero-order valence-corrected chi connectivity index (χ0v) is 14.6. The first kappa shape index (κ1) is 16.3. The van der Waals surface area contributed by atoms with Gasteiger partial charge < -0.3 is 14.9 Å². The van der Waals surface area contributed by atoms with Crippen LogP contribution in [0.25, 0.3) is 10.2 Å². The van der Waals surface area contributed by atoms with Gasteiger partial charge in [-0.05, 0) is 37.1 Å². The highest BCUT2D eigenvalue weighted by Gasteiger charge is 2.37. The van der Waals surface area contributed by atoms with E-state index in [-0.39, 0.29) is 11.9 Å². The average Bonchev–Trinajstić information content (AvgIpc) is 3.30. The Morgan fingerprint density at radius 3 is 2.88 bits per heavy atom. The first-order valence-corrected chi connectivity index (χ1v) is 9.49. The summed E-state index contributed by atoms with van der Waals surface area (Å²) >= 11 is 1.56. The van der Waals surface area contributed by atoms with E-state index >= 15 is 0 Å². The van der Waals surface area contributed by atoms with Gasteiger partial charge in [0.15, 0.2) is 0 Å². The van der Waals surface area contributed by atoms with E-state index < -0.39 is 11.9 Å². The number of hydrogen-bond acceptors (Lipinski definition) is 6. The smallest absolute Gasteiger partial charge is 0.308 e. The lowest BCUT2D eigenvalue weighted by Crippen LogP contribution is -2.50. The molecule has 0 saturated carbocycles. The van der Waals surface area contributed by atoms with Crippen molar-refractivity contribution in [1.29, 1.82) is 0 Å². The van der Waals surface area contributed by atoms with E-state index in [1.165, 1.54) is 0 Å². The number of aromatic nitrogens is 2. The zero-order chi connectivity index (χ0) is 17.4. The summed E-state index contributed by atoms with van der Waals surface area (Å²) in [6.07, 6.45) is 4.66. The van der Waals surface area contributed by atoms with Gasteiger partial charge in [0.05, 0.1) is 11.3 Å². The Morgan fingerprint density at radius 1 is 1.20 bits per heavy atom. The molecule has 1 unspecified atom stereocenters. The number of carboxylic acid groups (broad SMARTS) is 1. The van der Waals surface area contributed by atoms with Crippen LogP contribution in [-0.4, -0.2) is 57.5 Å². The second kappa shape index (κ2) is 6.59. The Labute approximate surface area is 149 Å². The van der Waals surface area contributed by atoms with Gasteiger partial charge in [0, 0.05) is 19.6 Å². The standard InChI is InChI=1S/C17H20N4O3S/c22-16(20-6-1-3-11(9-20)17(23)24)13-4-2-7-21(13)14-12-5-8-25-15(12)19-10-18-14/h5,8,10-11,13H,1-4,6-7,9H2,(H,23,24)/t11-,13?/m0/s1. The van der Waals surface area contributed by atoms with Gasteiger partial charge in [-0.3, -0.25) is 9.59 Å². The lowest BCUT2D eigenvalue weighted by Gasteiger charge is -2.35. The Balaban J connectivity index is 1.58. The molecule has 0 bridgehead atoms. The summed E-state index contributed by atoms with van der Waals surface area (Å²) in [5.74, 6) is -0.411. The van der Waals surface area contributed by atoms with Gasteiger partial charge in [-0.25, -0.2) is 9.97 Å². The summed E-state index contributed by atoms with van der Waals surface area (Å²) in [5.41, 5.74) is 0. The molecule has 25 heavy (non-hydrogen) atoms. The van der Waals surface area contributed by atoms with Crippen LogP contribution in [0.2, 0.25) is 0 Å². The minimum atomic E-state index is -0.809. The number of likely N-dealkylation sites (tertiary alicyclic amines) is 1. The van der Waals surface area contributed by atoms with Crippen molar-refractivity contribution in [3.8, 4) is 0 Å². The number of rotatable bonds is 3. The monoisotopic (exact) mass is 360 g/mol. The number of anilines is 1. The molecule has 0 spiro atoms. The number of carbonyl (C=O) groups is 2. The van der Waals surface area contributed by atoms with Gasteiger partial charge in [0.25, 0.3) is 0 Å². The summed E-state index contributed by atoms with van der Waals surface area (Å²) in [7, 11) is 0. The van der Waals surface area contributed by atoms with Crippen molar-refractivity contribution in [2.45, 2.75) is 31.7 Å². The van der Waals surface area contributed by atoms with Crippen molar-refractivity contribution in [2.24, 2.45) is 5.92 Å². The van der Waals surface area contributed by atoms with E-state index in [4.69, 9.17) is 0 Å². The third-order valence-electron chi connectivity index (χ3n) is 5.13. The van der Waals surface area contributed by atoms with E-state index in [0.29, 0.717) is 19.5 Å². The highest BCUT2D eigenvalue weighted by Crippen LogP contribution is 2.32. The number of nitrogens with zero attached hydrogens (tertiary/aromatic N) is 4. The number of thiophene rings is 1. The predicted molar refractivity (Wildman–Crippen MR) is 94.7 cm³/mol. The third-order valence-corrected chi connectivity index (χ3v) is 5.95. The van der Waals surface area contributed by atoms with Gasteiger partial charge in [0.2, 0.25) is 5.91 Å². The van der Waals surface area contributed by atoms with E-state index in [9.17, 15) is 14.7 Å². The zero-order valence-electron chi connectivity index (χ0n) is 13.8. The maximum absolute atomic E-state index is 13.1. The number of carboxylic acids is 1. The van der Waals surface area contributed by atoms with Crippen molar-refractivity contribution in [3.63, 3.8) is 0 Å². The number of carbonyl (C=O) groups excluding carboxylic acids is 1. The largest absolute Gasteiger partial charge is 0.481 e. The van der Waals surface area contributed by atoms with Crippen LogP contribution in [0, 0.1) is 5.92 Å². The van der Waals surface area contributed by atoms with Crippen LogP contribution in [0.1, 0.15) is 25.7 Å². The van der Waals surface area contributed by atoms with Crippen molar-refractivity contribution >= 4 is 39.2 Å². The Kier molecular flexibility index (Phi) is 4.29. The topological polar surface area (TPSA) is 86.6 Å². The van der Waals surface area contributed by atoms with Gasteiger partial charge in [-0.1, -0.05) is 0 Å². The van der Waals surface area contributed by atoms with Crippen LogP contribution >= 0.6 is 11.3 Å². The van der Waals surface area contributed by atoms with E-state index in [1.807, 2.05) is 11.4 Å². The molecular formula is C17H20N4O3S. The third kappa shape index (κ3) is 2.95.